The molecule has 0 saturated heterocycles. The lowest BCUT2D eigenvalue weighted by Crippen LogP contribution is -2.43. The van der Waals surface area contributed by atoms with Crippen molar-refractivity contribution in [2.45, 2.75) is 70.9 Å². The average molecular weight is 623 g/mol. The fourth-order valence-corrected chi connectivity index (χ4v) is 4.09. The van der Waals surface area contributed by atoms with Crippen LogP contribution in [0.1, 0.15) is 62.4 Å². The van der Waals surface area contributed by atoms with Crippen molar-refractivity contribution in [3.63, 3.8) is 0 Å². The Balaban J connectivity index is 1.78. The first kappa shape index (κ1) is 31.1. The number of halogens is 2. The molecule has 1 heterocycles. The van der Waals surface area contributed by atoms with E-state index in [4.69, 9.17) is 15.2 Å². The van der Waals surface area contributed by atoms with Crippen LogP contribution in [0.25, 0.3) is 0 Å². The number of rotatable bonds is 12. The minimum Gasteiger partial charge on any atom is -0.456 e. The Labute approximate surface area is 239 Å². The van der Waals surface area contributed by atoms with Crippen molar-refractivity contribution in [3.8, 4) is 5.75 Å². The van der Waals surface area contributed by atoms with E-state index >= 15 is 4.39 Å². The Morgan fingerprint density at radius 3 is 2.50 bits per heavy atom. The van der Waals surface area contributed by atoms with E-state index in [-0.39, 0.29) is 29.2 Å². The number of amides is 2. The number of aliphatic hydroxyl groups excluding tert-OH is 1. The number of esters is 1. The van der Waals surface area contributed by atoms with E-state index in [0.29, 0.717) is 12.2 Å². The molecule has 2 aromatic rings. The van der Waals surface area contributed by atoms with E-state index in [2.05, 4.69) is 31.5 Å². The van der Waals surface area contributed by atoms with Crippen LogP contribution in [0, 0.1) is 11.7 Å². The molecule has 1 aromatic carbocycles. The monoisotopic (exact) mass is 622 g/mol. The number of urea groups is 1. The highest BCUT2D eigenvalue weighted by molar-refractivity contribution is 9.10. The molecule has 11 nitrogen and oxygen atoms in total. The first-order chi connectivity index (χ1) is 18.8. The van der Waals surface area contributed by atoms with E-state index in [1.165, 1.54) is 19.2 Å². The highest BCUT2D eigenvalue weighted by Crippen LogP contribution is 2.47. The highest BCUT2D eigenvalue weighted by atomic mass is 79.9. The molecule has 0 bridgehead atoms. The van der Waals surface area contributed by atoms with Crippen molar-refractivity contribution in [2.24, 2.45) is 11.7 Å². The van der Waals surface area contributed by atoms with Gasteiger partial charge in [0.25, 0.3) is 6.29 Å². The van der Waals surface area contributed by atoms with Crippen LogP contribution < -0.4 is 21.1 Å². The third-order valence-corrected chi connectivity index (χ3v) is 6.84. The molecule has 1 saturated carbocycles. The highest BCUT2D eigenvalue weighted by Gasteiger charge is 2.44. The average Bonchev–Trinajstić information content (AvgIpc) is 3.66. The second-order valence-corrected chi connectivity index (χ2v) is 10.7. The Bertz CT molecular complexity index is 1270. The van der Waals surface area contributed by atoms with Gasteiger partial charge in [0.2, 0.25) is 5.78 Å². The lowest BCUT2D eigenvalue weighted by Gasteiger charge is -2.22. The summed E-state index contributed by atoms with van der Waals surface area (Å²) in [7, 11) is 0. The summed E-state index contributed by atoms with van der Waals surface area (Å²) in [5, 5.41) is 15.9. The predicted octanol–water partition coefficient (Wildman–Crippen LogP) is 3.43. The van der Waals surface area contributed by atoms with Crippen molar-refractivity contribution in [1.29, 1.82) is 0 Å². The molecule has 1 aromatic heterocycles. The summed E-state index contributed by atoms with van der Waals surface area (Å²) < 4.78 is 26.4. The number of ketones is 2. The number of pyridine rings is 1. The van der Waals surface area contributed by atoms with Crippen LogP contribution in [0.3, 0.4) is 0 Å². The van der Waals surface area contributed by atoms with E-state index in [0.717, 1.165) is 10.5 Å². The smallest absolute Gasteiger partial charge is 0.323 e. The van der Waals surface area contributed by atoms with Gasteiger partial charge in [-0.05, 0) is 59.5 Å². The molecule has 3 rings (SSSR count). The van der Waals surface area contributed by atoms with Gasteiger partial charge in [-0.1, -0.05) is 20.8 Å². The number of nitrogens with one attached hydrogen (secondary N) is 2. The number of Topliss-reactive ketones (excluding diaryl/α,β-unsaturated/α-hetero) is 2. The predicted molar refractivity (Wildman–Crippen MR) is 146 cm³/mol. The molecule has 5 atom stereocenters. The summed E-state index contributed by atoms with van der Waals surface area (Å²) in [6.45, 7) is 6.24. The maximum Gasteiger partial charge on any atom is 0.323 e. The van der Waals surface area contributed by atoms with Gasteiger partial charge in [0.1, 0.15) is 23.4 Å². The minimum absolute atomic E-state index is 0.0357. The van der Waals surface area contributed by atoms with Crippen molar-refractivity contribution < 1.29 is 38.1 Å². The molecule has 1 fully saturated rings. The normalized spacial score (nSPS) is 18.3. The molecular weight excluding hydrogens is 591 g/mol. The van der Waals surface area contributed by atoms with Gasteiger partial charge in [0, 0.05) is 34.6 Å². The van der Waals surface area contributed by atoms with Gasteiger partial charge in [-0.15, -0.1) is 0 Å². The minimum atomic E-state index is -2.18. The van der Waals surface area contributed by atoms with Crippen LogP contribution in [0.5, 0.6) is 5.75 Å². The van der Waals surface area contributed by atoms with Crippen LogP contribution >= 0.6 is 15.9 Å². The number of nitrogens with two attached hydrogens (primary N) is 1. The molecule has 0 spiro atoms. The fraction of sp³-hybridized carbons (Fsp3) is 0.444. The second kappa shape index (κ2) is 13.3. The fourth-order valence-electron chi connectivity index (χ4n) is 3.86. The zero-order chi connectivity index (χ0) is 29.7. The summed E-state index contributed by atoms with van der Waals surface area (Å²) in [4.78, 5) is 54.1. The zero-order valence-electron chi connectivity index (χ0n) is 22.4. The van der Waals surface area contributed by atoms with Gasteiger partial charge >= 0.3 is 12.0 Å². The lowest BCUT2D eigenvalue weighted by molar-refractivity contribution is -0.164. The number of aromatic nitrogens is 1. The van der Waals surface area contributed by atoms with Gasteiger partial charge in [-0.3, -0.25) is 19.7 Å². The molecule has 2 amide bonds. The number of hydrogen-bond donors (Lipinski definition) is 4. The summed E-state index contributed by atoms with van der Waals surface area (Å²) in [6, 6.07) is 3.52. The Hall–Kier alpha value is -3.42. The lowest BCUT2D eigenvalue weighted by atomic mass is 9.99. The number of anilines is 1. The van der Waals surface area contributed by atoms with Crippen LogP contribution in [0.15, 0.2) is 34.9 Å². The van der Waals surface area contributed by atoms with E-state index in [1.807, 2.05) is 0 Å². The number of nitrogens with zero attached hydrogens (tertiary/aromatic N) is 1. The Morgan fingerprint density at radius 1 is 1.20 bits per heavy atom. The van der Waals surface area contributed by atoms with Crippen LogP contribution in [-0.4, -0.2) is 58.1 Å². The number of aliphatic hydroxyl groups is 1. The maximum atomic E-state index is 15.1. The second-order valence-electron chi connectivity index (χ2n) is 9.74. The summed E-state index contributed by atoms with van der Waals surface area (Å²) in [5.74, 6) is -3.88. The van der Waals surface area contributed by atoms with Crippen molar-refractivity contribution in [3.05, 3.63) is 51.9 Å². The number of benzene rings is 1. The Kier molecular flexibility index (Phi) is 10.3. The first-order valence-electron chi connectivity index (χ1n) is 12.7. The molecule has 40 heavy (non-hydrogen) atoms. The van der Waals surface area contributed by atoms with Crippen molar-refractivity contribution in [2.75, 3.05) is 5.32 Å². The van der Waals surface area contributed by atoms with Gasteiger partial charge in [-0.25, -0.2) is 14.2 Å². The molecule has 5 N–H and O–H groups in total. The zero-order valence-corrected chi connectivity index (χ0v) is 24.0. The van der Waals surface area contributed by atoms with Crippen molar-refractivity contribution in [1.82, 2.24) is 10.3 Å². The van der Waals surface area contributed by atoms with Gasteiger partial charge in [0.15, 0.2) is 11.9 Å². The summed E-state index contributed by atoms with van der Waals surface area (Å²) in [6.07, 6.45) is -1.75. The summed E-state index contributed by atoms with van der Waals surface area (Å²) in [5.41, 5.74) is 5.65. The molecule has 0 aliphatic heterocycles. The first-order valence-corrected chi connectivity index (χ1v) is 13.5. The van der Waals surface area contributed by atoms with E-state index in [9.17, 15) is 24.3 Å². The Morgan fingerprint density at radius 2 is 1.90 bits per heavy atom. The molecular formula is C27H32BrFN4O7. The van der Waals surface area contributed by atoms with Crippen LogP contribution in [0.4, 0.5) is 15.0 Å². The molecule has 1 aliphatic rings. The molecule has 1 aliphatic carbocycles. The largest absolute Gasteiger partial charge is 0.456 e. The number of ether oxygens (including phenoxy) is 2. The number of carbonyl (C=O) groups excluding carboxylic acids is 4. The van der Waals surface area contributed by atoms with E-state index in [1.54, 1.807) is 32.9 Å². The van der Waals surface area contributed by atoms with Gasteiger partial charge in [-0.2, -0.15) is 0 Å². The summed E-state index contributed by atoms with van der Waals surface area (Å²) >= 11 is 3.26. The molecule has 4 unspecified atom stereocenters. The maximum absolute atomic E-state index is 15.1. The van der Waals surface area contributed by atoms with Crippen LogP contribution in [-0.2, 0) is 14.3 Å². The number of hydrogen-bond acceptors (Lipinski definition) is 9. The standard InChI is InChI=1S/C27H32BrFN4O7/c1-5-19(34)15-7-8-17(29)21(16-10-18(16)32-27(38)33-20-9-6-14(28)11-31-20)24(15)40-26(37)23(35)13(4)39-25(36)22(30)12(2)3/h6-9,11-13,16,18,22,26,37H,5,10,30H2,1-4H3,(H2,31,32,33,38)/t13?,16?,18?,22-,26?/m0/s1. The quantitative estimate of drug-likeness (QED) is 0.157. The van der Waals surface area contributed by atoms with E-state index < -0.39 is 59.8 Å². The molecule has 13 heteroatoms. The molecule has 216 valence electrons. The number of carbonyl (C=O) groups is 4. The van der Waals surface area contributed by atoms with Gasteiger partial charge < -0.3 is 25.6 Å². The SMILES string of the molecule is CCC(=O)c1ccc(F)c(C2CC2NC(=O)Nc2ccc(Br)cn2)c1OC(O)C(=O)C(C)OC(=O)[C@@H](N)C(C)C. The van der Waals surface area contributed by atoms with Gasteiger partial charge in [0.05, 0.1) is 5.56 Å². The third kappa shape index (κ3) is 7.61. The van der Waals surface area contributed by atoms with Crippen LogP contribution in [0.2, 0.25) is 0 Å². The topological polar surface area (TPSA) is 170 Å². The molecule has 0 radical (unpaired) electrons. The van der Waals surface area contributed by atoms with Crippen molar-refractivity contribution >= 4 is 45.3 Å². The third-order valence-electron chi connectivity index (χ3n) is 6.37.